The highest BCUT2D eigenvalue weighted by atomic mass is 32.2. The molecule has 4 rings (SSSR count). The molecule has 0 aliphatic carbocycles. The van der Waals surface area contributed by atoms with Crippen molar-refractivity contribution in [2.24, 2.45) is 0 Å². The van der Waals surface area contributed by atoms with Crippen LogP contribution in [-0.4, -0.2) is 53.5 Å². The summed E-state index contributed by atoms with van der Waals surface area (Å²) in [4.78, 5) is 32.2. The number of nitrogens with zero attached hydrogens (tertiary/aromatic N) is 3. The van der Waals surface area contributed by atoms with Crippen LogP contribution in [0.25, 0.3) is 5.76 Å². The van der Waals surface area contributed by atoms with Crippen LogP contribution < -0.4 is 0 Å². The zero-order valence-corrected chi connectivity index (χ0v) is 22.9. The van der Waals surface area contributed by atoms with E-state index < -0.39 is 27.8 Å². The summed E-state index contributed by atoms with van der Waals surface area (Å²) in [6, 6.07) is 16.0. The third-order valence-electron chi connectivity index (χ3n) is 6.61. The molecule has 1 saturated heterocycles. The fourth-order valence-corrected chi connectivity index (χ4v) is 5.30. The van der Waals surface area contributed by atoms with Gasteiger partial charge in [0.15, 0.2) is 0 Å². The first kappa shape index (κ1) is 27.2. The number of hydrogen-bond donors (Lipinski definition) is 1. The number of likely N-dealkylation sites (tertiary alicyclic amines) is 1. The molecule has 198 valence electrons. The minimum Gasteiger partial charge on any atom is -0.507 e. The Kier molecular flexibility index (Phi) is 7.27. The monoisotopic (exact) mass is 533 g/mol. The molecule has 1 fully saturated rings. The molecule has 38 heavy (non-hydrogen) atoms. The number of ketones is 1. The molecule has 0 spiro atoms. The van der Waals surface area contributed by atoms with Gasteiger partial charge < -0.3 is 10.0 Å². The van der Waals surface area contributed by atoms with Crippen LogP contribution in [0.2, 0.25) is 0 Å². The Balaban J connectivity index is 1.83. The fraction of sp³-hybridized carbons (Fsp3) is 0.276. The maximum absolute atomic E-state index is 13.3. The van der Waals surface area contributed by atoms with Gasteiger partial charge in [0.05, 0.1) is 16.5 Å². The Morgan fingerprint density at radius 2 is 1.63 bits per heavy atom. The van der Waals surface area contributed by atoms with Crippen LogP contribution in [0.1, 0.15) is 49.1 Å². The molecule has 1 amide bonds. The van der Waals surface area contributed by atoms with Crippen LogP contribution in [0.5, 0.6) is 0 Å². The number of pyridine rings is 1. The normalized spacial score (nSPS) is 17.8. The first-order valence-corrected chi connectivity index (χ1v) is 13.6. The van der Waals surface area contributed by atoms with Gasteiger partial charge in [-0.1, -0.05) is 51.1 Å². The predicted octanol–water partition coefficient (Wildman–Crippen LogP) is 4.25. The Morgan fingerprint density at radius 1 is 1.00 bits per heavy atom. The number of aromatic nitrogens is 1. The number of Topliss-reactive ketones (excluding diaryl/α,β-unsaturated/α-hetero) is 1. The molecular formula is C29H31N3O5S. The number of sulfonamides is 1. The average Bonchev–Trinajstić information content (AvgIpc) is 3.13. The van der Waals surface area contributed by atoms with Gasteiger partial charge in [-0.2, -0.15) is 0 Å². The van der Waals surface area contributed by atoms with Crippen LogP contribution in [0, 0.1) is 0 Å². The van der Waals surface area contributed by atoms with Crippen molar-refractivity contribution in [3.05, 3.63) is 101 Å². The molecule has 1 aromatic heterocycles. The van der Waals surface area contributed by atoms with Crippen molar-refractivity contribution in [1.82, 2.24) is 14.2 Å². The van der Waals surface area contributed by atoms with Gasteiger partial charge >= 0.3 is 0 Å². The van der Waals surface area contributed by atoms with Gasteiger partial charge in [-0.3, -0.25) is 14.6 Å². The summed E-state index contributed by atoms with van der Waals surface area (Å²) in [6.45, 7) is 6.41. The van der Waals surface area contributed by atoms with Gasteiger partial charge in [-0.25, -0.2) is 12.7 Å². The molecule has 1 aliphatic heterocycles. The van der Waals surface area contributed by atoms with E-state index >= 15 is 0 Å². The summed E-state index contributed by atoms with van der Waals surface area (Å²) >= 11 is 0. The highest BCUT2D eigenvalue weighted by Crippen LogP contribution is 2.41. The molecular weight excluding hydrogens is 502 g/mol. The molecule has 0 radical (unpaired) electrons. The van der Waals surface area contributed by atoms with Crippen LogP contribution >= 0.6 is 0 Å². The molecule has 0 bridgehead atoms. The quantitative estimate of drug-likeness (QED) is 0.288. The maximum atomic E-state index is 13.3. The van der Waals surface area contributed by atoms with E-state index in [1.165, 1.54) is 43.3 Å². The number of carbonyl (C=O) groups is 2. The molecule has 8 nitrogen and oxygen atoms in total. The second-order valence-electron chi connectivity index (χ2n) is 10.5. The first-order valence-electron chi connectivity index (χ1n) is 12.1. The molecule has 2 heterocycles. The molecule has 1 aliphatic rings. The number of aliphatic hydroxyl groups excluding tert-OH is 1. The van der Waals surface area contributed by atoms with Crippen LogP contribution in [-0.2, 0) is 31.6 Å². The van der Waals surface area contributed by atoms with Crippen molar-refractivity contribution in [1.29, 1.82) is 0 Å². The molecule has 1 atom stereocenters. The summed E-state index contributed by atoms with van der Waals surface area (Å²) in [6.07, 6.45) is 3.25. The van der Waals surface area contributed by atoms with E-state index in [0.29, 0.717) is 5.56 Å². The van der Waals surface area contributed by atoms with Gasteiger partial charge in [0.25, 0.3) is 11.7 Å². The van der Waals surface area contributed by atoms with Crippen molar-refractivity contribution >= 4 is 27.5 Å². The SMILES string of the molecule is CN(C)S(=O)(=O)c1ccc(/C(O)=C2\C(=O)C(=O)N(Cc3cccnc3)[C@H]2c2ccc(C(C)(C)C)cc2)cc1. The summed E-state index contributed by atoms with van der Waals surface area (Å²) in [5, 5.41) is 11.3. The van der Waals surface area contributed by atoms with Gasteiger partial charge in [-0.05, 0) is 52.4 Å². The topological polar surface area (TPSA) is 108 Å². The van der Waals surface area contributed by atoms with Crippen molar-refractivity contribution in [2.45, 2.75) is 43.7 Å². The molecule has 9 heteroatoms. The van der Waals surface area contributed by atoms with Crippen LogP contribution in [0.4, 0.5) is 0 Å². The van der Waals surface area contributed by atoms with Crippen LogP contribution in [0.3, 0.4) is 0 Å². The average molecular weight is 534 g/mol. The zero-order chi connectivity index (χ0) is 27.8. The van der Waals surface area contributed by atoms with E-state index in [1.807, 2.05) is 30.3 Å². The third-order valence-corrected chi connectivity index (χ3v) is 8.44. The van der Waals surface area contributed by atoms with E-state index in [0.717, 1.165) is 15.4 Å². The lowest BCUT2D eigenvalue weighted by Crippen LogP contribution is -2.29. The van der Waals surface area contributed by atoms with Crippen molar-refractivity contribution in [3.8, 4) is 0 Å². The smallest absolute Gasteiger partial charge is 0.295 e. The van der Waals surface area contributed by atoms with Crippen molar-refractivity contribution in [2.75, 3.05) is 14.1 Å². The lowest BCUT2D eigenvalue weighted by molar-refractivity contribution is -0.140. The predicted molar refractivity (Wildman–Crippen MR) is 145 cm³/mol. The molecule has 0 unspecified atom stereocenters. The lowest BCUT2D eigenvalue weighted by Gasteiger charge is -2.26. The van der Waals surface area contributed by atoms with E-state index in [2.05, 4.69) is 25.8 Å². The number of hydrogen-bond acceptors (Lipinski definition) is 6. The van der Waals surface area contributed by atoms with Gasteiger partial charge in [0.2, 0.25) is 10.0 Å². The molecule has 0 saturated carbocycles. The standard InChI is InChI=1S/C29H31N3O5S/c1-29(2,3)22-12-8-20(9-13-22)25-24(27(34)28(35)32(25)18-19-7-6-16-30-17-19)26(33)21-10-14-23(15-11-21)38(36,37)31(4)5/h6-17,25,33H,18H2,1-5H3/b26-24+/t25-/m0/s1. The fourth-order valence-electron chi connectivity index (χ4n) is 4.39. The summed E-state index contributed by atoms with van der Waals surface area (Å²) < 4.78 is 26.0. The van der Waals surface area contributed by atoms with E-state index in [9.17, 15) is 23.1 Å². The van der Waals surface area contributed by atoms with E-state index in [-0.39, 0.29) is 33.8 Å². The largest absolute Gasteiger partial charge is 0.507 e. The summed E-state index contributed by atoms with van der Waals surface area (Å²) in [5.74, 6) is -1.90. The Bertz CT molecular complexity index is 1490. The maximum Gasteiger partial charge on any atom is 0.295 e. The Hall–Kier alpha value is -3.82. The molecule has 1 N–H and O–H groups in total. The summed E-state index contributed by atoms with van der Waals surface area (Å²) in [5.41, 5.74) is 2.59. The van der Waals surface area contributed by atoms with E-state index in [1.54, 1.807) is 18.5 Å². The lowest BCUT2D eigenvalue weighted by atomic mass is 9.85. The van der Waals surface area contributed by atoms with E-state index in [4.69, 9.17) is 0 Å². The minimum atomic E-state index is -3.67. The number of carbonyl (C=O) groups excluding carboxylic acids is 2. The first-order chi connectivity index (χ1) is 17.8. The Morgan fingerprint density at radius 3 is 2.16 bits per heavy atom. The molecule has 2 aromatic carbocycles. The second-order valence-corrected chi connectivity index (χ2v) is 12.6. The van der Waals surface area contributed by atoms with Crippen molar-refractivity contribution in [3.63, 3.8) is 0 Å². The number of amides is 1. The zero-order valence-electron chi connectivity index (χ0n) is 22.0. The van der Waals surface area contributed by atoms with Gasteiger partial charge in [0, 0.05) is 38.6 Å². The Labute approximate surface area is 223 Å². The third kappa shape index (κ3) is 5.12. The number of aliphatic hydroxyl groups is 1. The number of rotatable bonds is 6. The highest BCUT2D eigenvalue weighted by molar-refractivity contribution is 7.89. The molecule has 3 aromatic rings. The highest BCUT2D eigenvalue weighted by Gasteiger charge is 2.46. The van der Waals surface area contributed by atoms with Gasteiger partial charge in [0.1, 0.15) is 5.76 Å². The minimum absolute atomic E-state index is 0.0467. The van der Waals surface area contributed by atoms with Gasteiger partial charge in [-0.15, -0.1) is 0 Å². The number of benzene rings is 2. The van der Waals surface area contributed by atoms with Crippen molar-refractivity contribution < 1.29 is 23.1 Å². The summed E-state index contributed by atoms with van der Waals surface area (Å²) in [7, 11) is -0.814. The van der Waals surface area contributed by atoms with Crippen LogP contribution in [0.15, 0.2) is 83.5 Å². The second kappa shape index (κ2) is 10.2.